The van der Waals surface area contributed by atoms with Crippen LogP contribution in [0.4, 0.5) is 13.2 Å². The third-order valence-electron chi connectivity index (χ3n) is 2.08. The summed E-state index contributed by atoms with van der Waals surface area (Å²) in [6.07, 6.45) is -4.38. The highest BCUT2D eigenvalue weighted by molar-refractivity contribution is 6.30. The van der Waals surface area contributed by atoms with Crippen molar-refractivity contribution in [2.45, 2.75) is 25.0 Å². The van der Waals surface area contributed by atoms with Gasteiger partial charge in [0.1, 0.15) is 5.38 Å². The number of benzene rings is 1. The third kappa shape index (κ3) is 4.26. The van der Waals surface area contributed by atoms with Crippen LogP contribution in [0.1, 0.15) is 18.1 Å². The Kier molecular flexibility index (Phi) is 4.40. The minimum Gasteiger partial charge on any atom is -0.351 e. The topological polar surface area (TPSA) is 29.1 Å². The predicted octanol–water partition coefficient (Wildman–Crippen LogP) is 2.95. The molecule has 2 nitrogen and oxygen atoms in total. The minimum absolute atomic E-state index is 0.0276. The molecule has 0 bridgehead atoms. The van der Waals surface area contributed by atoms with Gasteiger partial charge in [-0.2, -0.15) is 13.2 Å². The first-order valence-corrected chi connectivity index (χ1v) is 5.32. The Morgan fingerprint density at radius 2 is 2.12 bits per heavy atom. The Bertz CT molecular complexity index is 404. The van der Waals surface area contributed by atoms with E-state index >= 15 is 0 Å². The monoisotopic (exact) mass is 265 g/mol. The summed E-state index contributed by atoms with van der Waals surface area (Å²) in [6.45, 7) is 1.52. The van der Waals surface area contributed by atoms with Crippen LogP contribution < -0.4 is 5.32 Å². The Hall–Kier alpha value is -1.23. The molecule has 0 spiro atoms. The summed E-state index contributed by atoms with van der Waals surface area (Å²) in [5.41, 5.74) is -0.353. The number of hydrogen-bond acceptors (Lipinski definition) is 1. The van der Waals surface area contributed by atoms with Crippen LogP contribution in [0.25, 0.3) is 0 Å². The smallest absolute Gasteiger partial charge is 0.351 e. The van der Waals surface area contributed by atoms with E-state index in [1.807, 2.05) is 0 Å². The molecule has 1 amide bonds. The molecule has 0 aliphatic heterocycles. The molecule has 17 heavy (non-hydrogen) atoms. The number of hydrogen-bond donors (Lipinski definition) is 1. The van der Waals surface area contributed by atoms with Gasteiger partial charge in [-0.3, -0.25) is 4.79 Å². The van der Waals surface area contributed by atoms with Gasteiger partial charge in [0.05, 0.1) is 5.56 Å². The largest absolute Gasteiger partial charge is 0.416 e. The fourth-order valence-corrected chi connectivity index (χ4v) is 1.26. The summed E-state index contributed by atoms with van der Waals surface area (Å²) in [7, 11) is 0. The Morgan fingerprint density at radius 1 is 1.47 bits per heavy atom. The van der Waals surface area contributed by atoms with Gasteiger partial charge in [-0.15, -0.1) is 11.6 Å². The molecule has 1 unspecified atom stereocenters. The van der Waals surface area contributed by atoms with E-state index < -0.39 is 23.0 Å². The maximum absolute atomic E-state index is 12.4. The van der Waals surface area contributed by atoms with Crippen LogP contribution in [0.2, 0.25) is 0 Å². The summed E-state index contributed by atoms with van der Waals surface area (Å²) in [6, 6.07) is 4.79. The zero-order valence-corrected chi connectivity index (χ0v) is 9.77. The minimum atomic E-state index is -4.38. The molecule has 0 saturated heterocycles. The van der Waals surface area contributed by atoms with Crippen molar-refractivity contribution >= 4 is 17.5 Å². The molecule has 6 heteroatoms. The second-order valence-corrected chi connectivity index (χ2v) is 4.19. The Balaban J connectivity index is 2.70. The number of rotatable bonds is 3. The van der Waals surface area contributed by atoms with Crippen molar-refractivity contribution in [1.29, 1.82) is 0 Å². The first-order valence-electron chi connectivity index (χ1n) is 4.88. The van der Waals surface area contributed by atoms with Gasteiger partial charge in [-0.1, -0.05) is 12.1 Å². The van der Waals surface area contributed by atoms with E-state index in [-0.39, 0.29) is 6.54 Å². The normalized spacial score (nSPS) is 13.2. The molecule has 0 fully saturated rings. The highest BCUT2D eigenvalue weighted by Gasteiger charge is 2.30. The molecule has 1 aromatic rings. The molecule has 0 aliphatic rings. The number of nitrogens with one attached hydrogen (secondary N) is 1. The molecular weight excluding hydrogens is 255 g/mol. The number of carbonyl (C=O) groups excluding carboxylic acids is 1. The van der Waals surface area contributed by atoms with Crippen molar-refractivity contribution in [3.63, 3.8) is 0 Å². The van der Waals surface area contributed by atoms with E-state index in [1.54, 1.807) is 0 Å². The summed E-state index contributed by atoms with van der Waals surface area (Å²) >= 11 is 5.51. The van der Waals surface area contributed by atoms with Gasteiger partial charge < -0.3 is 5.32 Å². The molecule has 0 saturated carbocycles. The van der Waals surface area contributed by atoms with Crippen molar-refractivity contribution in [3.8, 4) is 0 Å². The van der Waals surface area contributed by atoms with E-state index in [0.29, 0.717) is 5.56 Å². The van der Waals surface area contributed by atoms with Crippen LogP contribution in [0, 0.1) is 0 Å². The van der Waals surface area contributed by atoms with E-state index in [2.05, 4.69) is 5.32 Å². The van der Waals surface area contributed by atoms with Gasteiger partial charge in [-0.25, -0.2) is 0 Å². The van der Waals surface area contributed by atoms with Crippen LogP contribution >= 0.6 is 11.6 Å². The van der Waals surface area contributed by atoms with Crippen LogP contribution in [0.15, 0.2) is 24.3 Å². The third-order valence-corrected chi connectivity index (χ3v) is 2.28. The van der Waals surface area contributed by atoms with Crippen LogP contribution in [0.5, 0.6) is 0 Å². The van der Waals surface area contributed by atoms with Crippen molar-refractivity contribution in [3.05, 3.63) is 35.4 Å². The van der Waals surface area contributed by atoms with Gasteiger partial charge in [0.25, 0.3) is 0 Å². The van der Waals surface area contributed by atoms with Gasteiger partial charge in [0.15, 0.2) is 0 Å². The van der Waals surface area contributed by atoms with Crippen LogP contribution in [0.3, 0.4) is 0 Å². The fraction of sp³-hybridized carbons (Fsp3) is 0.364. The number of carbonyl (C=O) groups is 1. The SMILES string of the molecule is CC(Cl)C(=O)NCc1cccc(C(F)(F)F)c1. The molecule has 1 N–H and O–H groups in total. The Morgan fingerprint density at radius 3 is 2.65 bits per heavy atom. The summed E-state index contributed by atoms with van der Waals surface area (Å²) in [4.78, 5) is 11.1. The maximum atomic E-state index is 12.4. The highest BCUT2D eigenvalue weighted by atomic mass is 35.5. The Labute approximate surface area is 102 Å². The van der Waals surface area contributed by atoms with E-state index in [9.17, 15) is 18.0 Å². The van der Waals surface area contributed by atoms with Gasteiger partial charge in [0, 0.05) is 6.54 Å². The number of amides is 1. The lowest BCUT2D eigenvalue weighted by Gasteiger charge is -2.10. The zero-order valence-electron chi connectivity index (χ0n) is 9.01. The molecule has 0 radical (unpaired) electrons. The van der Waals surface area contributed by atoms with Crippen molar-refractivity contribution in [1.82, 2.24) is 5.32 Å². The molecule has 1 rings (SSSR count). The van der Waals surface area contributed by atoms with E-state index in [0.717, 1.165) is 12.1 Å². The van der Waals surface area contributed by atoms with Crippen molar-refractivity contribution in [2.24, 2.45) is 0 Å². The fourth-order valence-electron chi connectivity index (χ4n) is 1.19. The average Bonchev–Trinajstić information content (AvgIpc) is 2.25. The first-order chi connectivity index (χ1) is 7.80. The maximum Gasteiger partial charge on any atom is 0.416 e. The van der Waals surface area contributed by atoms with E-state index in [1.165, 1.54) is 19.1 Å². The lowest BCUT2D eigenvalue weighted by Crippen LogP contribution is -2.29. The van der Waals surface area contributed by atoms with Gasteiger partial charge in [-0.05, 0) is 24.6 Å². The quantitative estimate of drug-likeness (QED) is 0.837. The molecule has 94 valence electrons. The summed E-state index contributed by atoms with van der Waals surface area (Å²) < 4.78 is 37.2. The zero-order chi connectivity index (χ0) is 13.1. The van der Waals surface area contributed by atoms with Crippen molar-refractivity contribution < 1.29 is 18.0 Å². The lowest BCUT2D eigenvalue weighted by molar-refractivity contribution is -0.137. The molecule has 1 aromatic carbocycles. The lowest BCUT2D eigenvalue weighted by atomic mass is 10.1. The second-order valence-electron chi connectivity index (χ2n) is 3.53. The molecule has 1 atom stereocenters. The average molecular weight is 266 g/mol. The highest BCUT2D eigenvalue weighted by Crippen LogP contribution is 2.29. The van der Waals surface area contributed by atoms with Crippen LogP contribution in [-0.2, 0) is 17.5 Å². The summed E-state index contributed by atoms with van der Waals surface area (Å²) in [5, 5.41) is 1.73. The molecular formula is C11H11ClF3NO. The molecule has 0 aromatic heterocycles. The number of halogens is 4. The molecule has 0 aliphatic carbocycles. The summed E-state index contributed by atoms with van der Waals surface area (Å²) in [5.74, 6) is -0.413. The predicted molar refractivity (Wildman–Crippen MR) is 58.6 cm³/mol. The van der Waals surface area contributed by atoms with Gasteiger partial charge in [0.2, 0.25) is 5.91 Å². The number of alkyl halides is 4. The second kappa shape index (κ2) is 5.40. The van der Waals surface area contributed by atoms with Gasteiger partial charge >= 0.3 is 6.18 Å². The molecule has 0 heterocycles. The van der Waals surface area contributed by atoms with E-state index in [4.69, 9.17) is 11.6 Å². The van der Waals surface area contributed by atoms with Crippen LogP contribution in [-0.4, -0.2) is 11.3 Å². The first kappa shape index (κ1) is 13.8. The van der Waals surface area contributed by atoms with Crippen molar-refractivity contribution in [2.75, 3.05) is 0 Å². The standard InChI is InChI=1S/C11H11ClF3NO/c1-7(12)10(17)16-6-8-3-2-4-9(5-8)11(13,14)15/h2-5,7H,6H2,1H3,(H,16,17).